The van der Waals surface area contributed by atoms with Crippen LogP contribution in [0.5, 0.6) is 0 Å². The molecule has 0 radical (unpaired) electrons. The zero-order valence-corrected chi connectivity index (χ0v) is 11.0. The number of nitrogens with zero attached hydrogens (tertiary/aromatic N) is 1. The van der Waals surface area contributed by atoms with E-state index in [0.717, 1.165) is 0 Å². The minimum absolute atomic E-state index is 0.00897. The number of pyridine rings is 1. The molecule has 5 heteroatoms. The Morgan fingerprint density at radius 2 is 2.11 bits per heavy atom. The van der Waals surface area contributed by atoms with Crippen molar-refractivity contribution in [2.45, 2.75) is 33.3 Å². The molecule has 0 fully saturated rings. The van der Waals surface area contributed by atoms with Gasteiger partial charge in [-0.3, -0.25) is 0 Å². The van der Waals surface area contributed by atoms with Gasteiger partial charge in [0.2, 0.25) is 0 Å². The summed E-state index contributed by atoms with van der Waals surface area (Å²) in [6.45, 7) is 6.52. The quantitative estimate of drug-likeness (QED) is 0.746. The summed E-state index contributed by atoms with van der Waals surface area (Å²) in [6.07, 6.45) is 0.179. The normalized spacial score (nSPS) is 13.1. The van der Waals surface area contributed by atoms with E-state index in [1.807, 2.05) is 0 Å². The van der Waals surface area contributed by atoms with Crippen LogP contribution in [0.2, 0.25) is 0 Å². The van der Waals surface area contributed by atoms with Crippen LogP contribution in [0.4, 0.5) is 5.82 Å². The van der Waals surface area contributed by atoms with Gasteiger partial charge in [-0.05, 0) is 24.0 Å². The molecule has 0 aliphatic carbocycles. The summed E-state index contributed by atoms with van der Waals surface area (Å²) in [5.74, 6) is -0.600. The van der Waals surface area contributed by atoms with Crippen molar-refractivity contribution in [1.29, 1.82) is 0 Å². The number of rotatable bonds is 5. The van der Waals surface area contributed by atoms with E-state index >= 15 is 0 Å². The van der Waals surface area contributed by atoms with Crippen LogP contribution in [0, 0.1) is 5.41 Å². The van der Waals surface area contributed by atoms with Crippen molar-refractivity contribution in [2.75, 3.05) is 11.9 Å². The Morgan fingerprint density at radius 1 is 1.44 bits per heavy atom. The molecule has 0 aliphatic rings. The molecule has 0 aromatic carbocycles. The fraction of sp³-hybridized carbons (Fsp3) is 0.538. The first-order chi connectivity index (χ1) is 8.28. The van der Waals surface area contributed by atoms with Crippen LogP contribution >= 0.6 is 0 Å². The summed E-state index contributed by atoms with van der Waals surface area (Å²) in [5.41, 5.74) is 0.0440. The third-order valence-electron chi connectivity index (χ3n) is 2.34. The molecule has 1 atom stereocenters. The number of aliphatic hydroxyl groups excluding tert-OH is 1. The molecule has 100 valence electrons. The molecule has 1 unspecified atom stereocenters. The lowest BCUT2D eigenvalue weighted by molar-refractivity contribution is 0.0690. The van der Waals surface area contributed by atoms with Gasteiger partial charge >= 0.3 is 5.97 Å². The lowest BCUT2D eigenvalue weighted by Gasteiger charge is -2.22. The number of hydrogen-bond donors (Lipinski definition) is 3. The summed E-state index contributed by atoms with van der Waals surface area (Å²) >= 11 is 0. The molecular formula is C13H20N2O3. The number of carbonyl (C=O) groups is 1. The fourth-order valence-electron chi connectivity index (χ4n) is 1.65. The topological polar surface area (TPSA) is 82.5 Å². The third kappa shape index (κ3) is 5.14. The monoisotopic (exact) mass is 252 g/mol. The first-order valence-electron chi connectivity index (χ1n) is 5.90. The van der Waals surface area contributed by atoms with Gasteiger partial charge in [0.15, 0.2) is 5.69 Å². The summed E-state index contributed by atoms with van der Waals surface area (Å²) < 4.78 is 0. The van der Waals surface area contributed by atoms with E-state index < -0.39 is 12.1 Å². The van der Waals surface area contributed by atoms with Crippen molar-refractivity contribution >= 4 is 11.8 Å². The molecule has 1 heterocycles. The Hall–Kier alpha value is -1.62. The smallest absolute Gasteiger partial charge is 0.354 e. The Bertz CT molecular complexity index is 413. The Balaban J connectivity index is 2.53. The average Bonchev–Trinajstić information content (AvgIpc) is 2.24. The van der Waals surface area contributed by atoms with E-state index in [1.165, 1.54) is 6.07 Å². The first-order valence-corrected chi connectivity index (χ1v) is 5.90. The zero-order valence-electron chi connectivity index (χ0n) is 11.0. The van der Waals surface area contributed by atoms with Gasteiger partial charge in [0.1, 0.15) is 5.82 Å². The maximum atomic E-state index is 10.7. The molecule has 0 aliphatic heterocycles. The van der Waals surface area contributed by atoms with Crippen molar-refractivity contribution < 1.29 is 15.0 Å². The predicted octanol–water partition coefficient (Wildman–Crippen LogP) is 1.99. The first kappa shape index (κ1) is 14.4. The van der Waals surface area contributed by atoms with Gasteiger partial charge in [0.05, 0.1) is 6.10 Å². The second kappa shape index (κ2) is 5.82. The number of nitrogens with one attached hydrogen (secondary N) is 1. The number of aromatic carboxylic acids is 1. The number of hydrogen-bond acceptors (Lipinski definition) is 4. The fourth-order valence-corrected chi connectivity index (χ4v) is 1.65. The van der Waals surface area contributed by atoms with Gasteiger partial charge in [0, 0.05) is 6.54 Å². The summed E-state index contributed by atoms with van der Waals surface area (Å²) in [6, 6.07) is 4.73. The molecule has 0 bridgehead atoms. The highest BCUT2D eigenvalue weighted by Gasteiger charge is 2.16. The molecule has 5 nitrogen and oxygen atoms in total. The zero-order chi connectivity index (χ0) is 13.8. The average molecular weight is 252 g/mol. The molecular weight excluding hydrogens is 232 g/mol. The van der Waals surface area contributed by atoms with E-state index in [0.29, 0.717) is 18.8 Å². The Morgan fingerprint density at radius 3 is 2.67 bits per heavy atom. The van der Waals surface area contributed by atoms with Crippen LogP contribution in [0.25, 0.3) is 0 Å². The van der Waals surface area contributed by atoms with Crippen LogP contribution in [-0.4, -0.2) is 33.8 Å². The molecule has 0 saturated carbocycles. The third-order valence-corrected chi connectivity index (χ3v) is 2.34. The number of carboxylic acid groups (broad SMARTS) is 1. The SMILES string of the molecule is CC(C)(C)CC(O)CNc1cccc(C(=O)O)n1. The van der Waals surface area contributed by atoms with Crippen molar-refractivity contribution in [3.05, 3.63) is 23.9 Å². The molecule has 1 aromatic rings. The van der Waals surface area contributed by atoms with Crippen LogP contribution in [-0.2, 0) is 0 Å². The number of aliphatic hydroxyl groups is 1. The van der Waals surface area contributed by atoms with Gasteiger partial charge in [0.25, 0.3) is 0 Å². The predicted molar refractivity (Wildman–Crippen MR) is 69.8 cm³/mol. The van der Waals surface area contributed by atoms with Crippen LogP contribution in [0.3, 0.4) is 0 Å². The van der Waals surface area contributed by atoms with Crippen LogP contribution in [0.1, 0.15) is 37.7 Å². The molecule has 3 N–H and O–H groups in total. The standard InChI is InChI=1S/C13H20N2O3/c1-13(2,3)7-9(16)8-14-11-6-4-5-10(15-11)12(17)18/h4-6,9,16H,7-8H2,1-3H3,(H,14,15)(H,17,18). The number of carboxylic acids is 1. The largest absolute Gasteiger partial charge is 0.477 e. The molecule has 18 heavy (non-hydrogen) atoms. The second-order valence-electron chi connectivity index (χ2n) is 5.51. The minimum Gasteiger partial charge on any atom is -0.477 e. The molecule has 0 spiro atoms. The van der Waals surface area contributed by atoms with E-state index in [4.69, 9.17) is 5.11 Å². The number of aromatic nitrogens is 1. The highest BCUT2D eigenvalue weighted by atomic mass is 16.4. The molecule has 0 saturated heterocycles. The van der Waals surface area contributed by atoms with Gasteiger partial charge in [-0.2, -0.15) is 0 Å². The van der Waals surface area contributed by atoms with Gasteiger partial charge in [-0.25, -0.2) is 9.78 Å². The van der Waals surface area contributed by atoms with E-state index in [1.54, 1.807) is 12.1 Å². The molecule has 1 aromatic heterocycles. The molecule has 0 amide bonds. The minimum atomic E-state index is -1.06. The van der Waals surface area contributed by atoms with Crippen molar-refractivity contribution in [3.8, 4) is 0 Å². The van der Waals surface area contributed by atoms with Gasteiger partial charge in [-0.15, -0.1) is 0 Å². The second-order valence-corrected chi connectivity index (χ2v) is 5.51. The van der Waals surface area contributed by atoms with E-state index in [-0.39, 0.29) is 11.1 Å². The maximum Gasteiger partial charge on any atom is 0.354 e. The highest BCUT2D eigenvalue weighted by molar-refractivity contribution is 5.85. The van der Waals surface area contributed by atoms with Crippen LogP contribution in [0.15, 0.2) is 18.2 Å². The maximum absolute atomic E-state index is 10.7. The lowest BCUT2D eigenvalue weighted by Crippen LogP contribution is -2.25. The van der Waals surface area contributed by atoms with Crippen molar-refractivity contribution in [1.82, 2.24) is 4.98 Å². The van der Waals surface area contributed by atoms with Crippen molar-refractivity contribution in [3.63, 3.8) is 0 Å². The van der Waals surface area contributed by atoms with E-state index in [2.05, 4.69) is 31.1 Å². The Labute approximate surface area is 107 Å². The highest BCUT2D eigenvalue weighted by Crippen LogP contribution is 2.20. The van der Waals surface area contributed by atoms with Gasteiger partial charge in [-0.1, -0.05) is 26.8 Å². The molecule has 1 rings (SSSR count). The van der Waals surface area contributed by atoms with Crippen molar-refractivity contribution in [2.24, 2.45) is 5.41 Å². The van der Waals surface area contributed by atoms with Crippen LogP contribution < -0.4 is 5.32 Å². The van der Waals surface area contributed by atoms with Gasteiger partial charge < -0.3 is 15.5 Å². The summed E-state index contributed by atoms with van der Waals surface area (Å²) in [5, 5.41) is 21.6. The Kier molecular flexibility index (Phi) is 4.67. The summed E-state index contributed by atoms with van der Waals surface area (Å²) in [7, 11) is 0. The van der Waals surface area contributed by atoms with E-state index in [9.17, 15) is 9.90 Å². The lowest BCUT2D eigenvalue weighted by atomic mass is 9.89. The summed E-state index contributed by atoms with van der Waals surface area (Å²) in [4.78, 5) is 14.7. The number of anilines is 1.